The van der Waals surface area contributed by atoms with Crippen LogP contribution in [0.5, 0.6) is 0 Å². The van der Waals surface area contributed by atoms with E-state index in [1.54, 1.807) is 6.92 Å². The predicted octanol–water partition coefficient (Wildman–Crippen LogP) is 5.52. The Morgan fingerprint density at radius 3 is 2.30 bits per heavy atom. The molecule has 0 saturated carbocycles. The number of hydrogen-bond donors (Lipinski definition) is 1. The molecule has 2 saturated heterocycles. The lowest BCUT2D eigenvalue weighted by atomic mass is 9.84. The molecule has 0 bridgehead atoms. The lowest BCUT2D eigenvalue weighted by Gasteiger charge is -2.45. The minimum atomic E-state index is -2.04. The lowest BCUT2D eigenvalue weighted by molar-refractivity contribution is -0.184. The largest absolute Gasteiger partial charge is 0.481 e. The van der Waals surface area contributed by atoms with Gasteiger partial charge in [0.05, 0.1) is 36.9 Å². The van der Waals surface area contributed by atoms with Crippen LogP contribution < -0.4 is 0 Å². The van der Waals surface area contributed by atoms with Gasteiger partial charge in [-0.1, -0.05) is 27.7 Å². The van der Waals surface area contributed by atoms with Gasteiger partial charge in [-0.15, -0.1) is 0 Å². The monoisotopic (exact) mass is 542 g/mol. The summed E-state index contributed by atoms with van der Waals surface area (Å²) in [5.74, 6) is -1.95. The van der Waals surface area contributed by atoms with Crippen molar-refractivity contribution in [1.29, 1.82) is 0 Å². The van der Waals surface area contributed by atoms with Gasteiger partial charge in [-0.25, -0.2) is 0 Å². The summed E-state index contributed by atoms with van der Waals surface area (Å²) in [5, 5.41) is 9.05. The molecule has 0 aromatic carbocycles. The van der Waals surface area contributed by atoms with Crippen LogP contribution in [0.15, 0.2) is 0 Å². The molecule has 2 heterocycles. The predicted molar refractivity (Wildman–Crippen MR) is 144 cm³/mol. The smallest absolute Gasteiger partial charge is 0.311 e. The topological polar surface area (TPSA) is 108 Å². The van der Waals surface area contributed by atoms with Crippen LogP contribution in [0.3, 0.4) is 0 Å². The zero-order chi connectivity index (χ0) is 28.2. The maximum atomic E-state index is 12.3. The molecule has 9 heteroatoms. The third-order valence-corrected chi connectivity index (χ3v) is 12.6. The molecule has 1 N–H and O–H groups in total. The number of ether oxygens (including phenoxy) is 3. The molecule has 5 atom stereocenters. The van der Waals surface area contributed by atoms with Crippen molar-refractivity contribution < 1.29 is 38.1 Å². The van der Waals surface area contributed by atoms with Crippen LogP contribution in [0.25, 0.3) is 0 Å². The van der Waals surface area contributed by atoms with Gasteiger partial charge >= 0.3 is 11.9 Å². The number of ketones is 1. The van der Waals surface area contributed by atoms with Gasteiger partial charge in [0.15, 0.2) is 8.32 Å². The maximum absolute atomic E-state index is 12.3. The fourth-order valence-electron chi connectivity index (χ4n) is 4.69. The molecule has 37 heavy (non-hydrogen) atoms. The van der Waals surface area contributed by atoms with Gasteiger partial charge in [-0.05, 0) is 71.0 Å². The summed E-state index contributed by atoms with van der Waals surface area (Å²) >= 11 is 0. The third kappa shape index (κ3) is 8.87. The molecule has 8 nitrogen and oxygen atoms in total. The van der Waals surface area contributed by atoms with Crippen LogP contribution >= 0.6 is 0 Å². The van der Waals surface area contributed by atoms with Gasteiger partial charge in [0.2, 0.25) is 0 Å². The molecule has 2 rings (SSSR count). The molecule has 0 spiro atoms. The molecular weight excluding hydrogens is 492 g/mol. The highest BCUT2D eigenvalue weighted by atomic mass is 28.4. The number of carbonyl (C=O) groups is 3. The van der Waals surface area contributed by atoms with Crippen molar-refractivity contribution in [3.8, 4) is 0 Å². The van der Waals surface area contributed by atoms with E-state index in [-0.39, 0.29) is 41.0 Å². The first-order chi connectivity index (χ1) is 16.9. The SMILES string of the molecule is C[C@H](C[C@H]1CC[C@@H]2O[C@@H](CCCOC(=O)C(C)(C)C)C[C@]2(CO[Si](C)(C)C(C)(C)C)O1)C(=O)CC(=O)O. The first-order valence-electron chi connectivity index (χ1n) is 13.8. The Labute approximate surface area is 224 Å². The number of carbonyl (C=O) groups excluding carboxylic acids is 2. The van der Waals surface area contributed by atoms with E-state index in [0.717, 1.165) is 19.3 Å². The van der Waals surface area contributed by atoms with Crippen molar-refractivity contribution in [3.63, 3.8) is 0 Å². The van der Waals surface area contributed by atoms with E-state index in [4.69, 9.17) is 23.7 Å². The van der Waals surface area contributed by atoms with Crippen LogP contribution in [0.1, 0.15) is 93.4 Å². The first-order valence-corrected chi connectivity index (χ1v) is 16.7. The van der Waals surface area contributed by atoms with Gasteiger partial charge in [0.1, 0.15) is 17.8 Å². The van der Waals surface area contributed by atoms with Crippen LogP contribution in [0, 0.1) is 11.3 Å². The van der Waals surface area contributed by atoms with E-state index in [0.29, 0.717) is 32.5 Å². The second-order valence-corrected chi connectivity index (χ2v) is 18.4. The van der Waals surface area contributed by atoms with Crippen LogP contribution in [0.2, 0.25) is 18.1 Å². The number of Topliss-reactive ketones (excluding diaryl/α,β-unsaturated/α-hetero) is 1. The highest BCUT2D eigenvalue weighted by Gasteiger charge is 2.54. The minimum Gasteiger partial charge on any atom is -0.481 e. The van der Waals surface area contributed by atoms with E-state index in [9.17, 15) is 14.4 Å². The van der Waals surface area contributed by atoms with Crippen LogP contribution in [-0.2, 0) is 33.0 Å². The minimum absolute atomic E-state index is 0.0221. The zero-order valence-corrected chi connectivity index (χ0v) is 25.5. The van der Waals surface area contributed by atoms with Crippen molar-refractivity contribution in [2.75, 3.05) is 13.2 Å². The van der Waals surface area contributed by atoms with Gasteiger partial charge < -0.3 is 23.7 Å². The molecule has 0 unspecified atom stereocenters. The second-order valence-electron chi connectivity index (χ2n) is 13.6. The fraction of sp³-hybridized carbons (Fsp3) is 0.893. The average molecular weight is 543 g/mol. The molecule has 2 aliphatic heterocycles. The number of hydrogen-bond acceptors (Lipinski definition) is 7. The summed E-state index contributed by atoms with van der Waals surface area (Å²) in [6.07, 6.45) is 3.49. The van der Waals surface area contributed by atoms with E-state index < -0.39 is 31.7 Å². The van der Waals surface area contributed by atoms with Crippen molar-refractivity contribution in [3.05, 3.63) is 0 Å². The van der Waals surface area contributed by atoms with Crippen molar-refractivity contribution in [2.45, 2.75) is 135 Å². The molecule has 214 valence electrons. The van der Waals surface area contributed by atoms with Crippen molar-refractivity contribution in [1.82, 2.24) is 0 Å². The molecule has 0 aromatic rings. The molecule has 0 amide bonds. The number of esters is 1. The Morgan fingerprint density at radius 2 is 1.73 bits per heavy atom. The number of rotatable bonds is 12. The summed E-state index contributed by atoms with van der Waals surface area (Å²) in [7, 11) is -2.04. The third-order valence-electron chi connectivity index (χ3n) is 8.16. The number of fused-ring (bicyclic) bond motifs is 1. The molecule has 0 aliphatic carbocycles. The Kier molecular flexibility index (Phi) is 10.6. The summed E-state index contributed by atoms with van der Waals surface area (Å²) in [4.78, 5) is 35.3. The Bertz CT molecular complexity index is 812. The number of carboxylic acid groups (broad SMARTS) is 1. The molecule has 0 aromatic heterocycles. The molecular formula is C28H50O8Si. The summed E-state index contributed by atoms with van der Waals surface area (Å²) in [6, 6.07) is 0. The Balaban J connectivity index is 2.08. The Hall–Kier alpha value is -1.29. The Morgan fingerprint density at radius 1 is 1.08 bits per heavy atom. The van der Waals surface area contributed by atoms with Gasteiger partial charge in [0.25, 0.3) is 0 Å². The summed E-state index contributed by atoms with van der Waals surface area (Å²) in [6.45, 7) is 19.2. The quantitative estimate of drug-likeness (QED) is 0.149. The van der Waals surface area contributed by atoms with E-state index >= 15 is 0 Å². The van der Waals surface area contributed by atoms with Gasteiger partial charge in [-0.2, -0.15) is 0 Å². The van der Waals surface area contributed by atoms with Crippen LogP contribution in [0.4, 0.5) is 0 Å². The van der Waals surface area contributed by atoms with Gasteiger partial charge in [0, 0.05) is 12.3 Å². The lowest BCUT2D eigenvalue weighted by Crippen LogP contribution is -2.55. The number of aliphatic carboxylic acids is 1. The normalized spacial score (nSPS) is 27.4. The van der Waals surface area contributed by atoms with E-state index in [1.165, 1.54) is 0 Å². The van der Waals surface area contributed by atoms with Gasteiger partial charge in [-0.3, -0.25) is 14.4 Å². The fourth-order valence-corrected chi connectivity index (χ4v) is 5.73. The van der Waals surface area contributed by atoms with E-state index in [2.05, 4.69) is 33.9 Å². The molecule has 0 radical (unpaired) electrons. The maximum Gasteiger partial charge on any atom is 0.311 e. The summed E-state index contributed by atoms with van der Waals surface area (Å²) in [5.41, 5.74) is -1.11. The second kappa shape index (κ2) is 12.3. The standard InChI is InChI=1S/C28H50O8Si/c1-19(22(29)16-24(30)31)15-20-12-13-23-28(36-20,18-34-37(8,9)27(5,6)7)17-21(35-23)11-10-14-33-25(32)26(2,3)4/h19-21,23H,10-18H2,1-9H3,(H,30,31)/t19-,20-,21+,23+,28-/m1/s1. The highest BCUT2D eigenvalue weighted by Crippen LogP contribution is 2.46. The zero-order valence-electron chi connectivity index (χ0n) is 24.5. The summed E-state index contributed by atoms with van der Waals surface area (Å²) < 4.78 is 25.3. The average Bonchev–Trinajstić information content (AvgIpc) is 3.11. The van der Waals surface area contributed by atoms with E-state index in [1.807, 2.05) is 20.8 Å². The molecule has 2 fully saturated rings. The molecule has 2 aliphatic rings. The first kappa shape index (κ1) is 31.9. The van der Waals surface area contributed by atoms with Crippen molar-refractivity contribution in [2.24, 2.45) is 11.3 Å². The van der Waals surface area contributed by atoms with Crippen molar-refractivity contribution >= 4 is 26.0 Å². The number of carboxylic acids is 1. The highest BCUT2D eigenvalue weighted by molar-refractivity contribution is 6.74. The van der Waals surface area contributed by atoms with Crippen LogP contribution in [-0.4, -0.2) is 68.3 Å².